The average Bonchev–Trinajstić information content (AvgIpc) is 3.46. The topological polar surface area (TPSA) is 91.5 Å². The van der Waals surface area contributed by atoms with Crippen LogP contribution in [-0.2, 0) is 6.54 Å². The molecular weight excluding hydrogens is 414 g/mol. The van der Waals surface area contributed by atoms with Crippen LogP contribution < -0.4 is 16.0 Å². The van der Waals surface area contributed by atoms with Gasteiger partial charge in [-0.25, -0.2) is 0 Å². The van der Waals surface area contributed by atoms with Crippen LogP contribution in [0.3, 0.4) is 0 Å². The number of hydrogen-bond acceptors (Lipinski definition) is 6. The van der Waals surface area contributed by atoms with Crippen LogP contribution in [0.5, 0.6) is 0 Å². The maximum Gasteiger partial charge on any atom is 0.251 e. The van der Waals surface area contributed by atoms with E-state index in [0.717, 1.165) is 37.2 Å². The SMILES string of the molecule is CC(C)NC(=O)c1cccc(-c2cc(-c3ccc(CNCCC4=NC(C)NC4)cc3)on2)c1. The van der Waals surface area contributed by atoms with Gasteiger partial charge >= 0.3 is 0 Å². The van der Waals surface area contributed by atoms with Crippen LogP contribution in [0.4, 0.5) is 0 Å². The Morgan fingerprint density at radius 1 is 1.15 bits per heavy atom. The van der Waals surface area contributed by atoms with Crippen molar-refractivity contribution >= 4 is 11.6 Å². The number of nitrogens with zero attached hydrogens (tertiary/aromatic N) is 2. The molecule has 1 amide bonds. The van der Waals surface area contributed by atoms with Gasteiger partial charge in [0.15, 0.2) is 5.76 Å². The molecule has 2 aromatic carbocycles. The summed E-state index contributed by atoms with van der Waals surface area (Å²) in [5, 5.41) is 13.9. The molecule has 3 aromatic rings. The molecule has 2 heterocycles. The highest BCUT2D eigenvalue weighted by Gasteiger charge is 2.13. The molecule has 0 saturated heterocycles. The molecule has 7 nitrogen and oxygen atoms in total. The number of aromatic nitrogens is 1. The maximum absolute atomic E-state index is 12.3. The first-order valence-electron chi connectivity index (χ1n) is 11.4. The third-order valence-electron chi connectivity index (χ3n) is 5.49. The Bertz CT molecular complexity index is 1120. The first-order chi connectivity index (χ1) is 16.0. The molecule has 33 heavy (non-hydrogen) atoms. The Morgan fingerprint density at radius 3 is 2.70 bits per heavy atom. The van der Waals surface area contributed by atoms with Gasteiger partial charge in [-0.3, -0.25) is 15.1 Å². The van der Waals surface area contributed by atoms with E-state index in [1.54, 1.807) is 6.07 Å². The molecule has 4 rings (SSSR count). The van der Waals surface area contributed by atoms with E-state index in [4.69, 9.17) is 4.52 Å². The maximum atomic E-state index is 12.3. The number of rotatable bonds is 9. The second kappa shape index (κ2) is 10.6. The lowest BCUT2D eigenvalue weighted by atomic mass is 10.1. The number of nitrogens with one attached hydrogen (secondary N) is 3. The van der Waals surface area contributed by atoms with Crippen LogP contribution >= 0.6 is 0 Å². The van der Waals surface area contributed by atoms with Gasteiger partial charge in [0.1, 0.15) is 5.69 Å². The lowest BCUT2D eigenvalue weighted by Gasteiger charge is -2.08. The predicted molar refractivity (Wildman–Crippen MR) is 131 cm³/mol. The van der Waals surface area contributed by atoms with Gasteiger partial charge in [-0.1, -0.05) is 41.6 Å². The molecular formula is C26H31N5O2. The zero-order valence-electron chi connectivity index (χ0n) is 19.4. The quantitative estimate of drug-likeness (QED) is 0.433. The smallest absolute Gasteiger partial charge is 0.251 e. The second-order valence-electron chi connectivity index (χ2n) is 8.66. The molecule has 0 spiro atoms. The first-order valence-corrected chi connectivity index (χ1v) is 11.4. The normalized spacial score (nSPS) is 15.6. The van der Waals surface area contributed by atoms with Gasteiger partial charge in [0.2, 0.25) is 0 Å². The van der Waals surface area contributed by atoms with E-state index >= 15 is 0 Å². The first kappa shape index (κ1) is 22.9. The van der Waals surface area contributed by atoms with Crippen molar-refractivity contribution in [3.8, 4) is 22.6 Å². The van der Waals surface area contributed by atoms with Gasteiger partial charge in [-0.05, 0) is 44.9 Å². The number of amides is 1. The highest BCUT2D eigenvalue weighted by Crippen LogP contribution is 2.27. The summed E-state index contributed by atoms with van der Waals surface area (Å²) in [7, 11) is 0. The Kier molecular flexibility index (Phi) is 7.32. The van der Waals surface area contributed by atoms with Gasteiger partial charge < -0.3 is 15.2 Å². The Hall–Kier alpha value is -3.29. The minimum atomic E-state index is -0.0952. The molecule has 1 aliphatic heterocycles. The van der Waals surface area contributed by atoms with Gasteiger partial charge in [0.25, 0.3) is 5.91 Å². The largest absolute Gasteiger partial charge is 0.356 e. The van der Waals surface area contributed by atoms with Gasteiger partial charge in [0, 0.05) is 54.1 Å². The molecule has 0 fully saturated rings. The van der Waals surface area contributed by atoms with E-state index in [1.165, 1.54) is 11.3 Å². The van der Waals surface area contributed by atoms with E-state index in [-0.39, 0.29) is 18.1 Å². The second-order valence-corrected chi connectivity index (χ2v) is 8.66. The zero-order chi connectivity index (χ0) is 23.2. The number of aliphatic imine (C=N–C) groups is 1. The highest BCUT2D eigenvalue weighted by atomic mass is 16.5. The minimum absolute atomic E-state index is 0.0841. The molecule has 7 heteroatoms. The van der Waals surface area contributed by atoms with Crippen molar-refractivity contribution in [1.29, 1.82) is 0 Å². The molecule has 0 saturated carbocycles. The minimum Gasteiger partial charge on any atom is -0.356 e. The van der Waals surface area contributed by atoms with Crippen molar-refractivity contribution in [2.75, 3.05) is 13.1 Å². The van der Waals surface area contributed by atoms with E-state index in [2.05, 4.69) is 45.2 Å². The van der Waals surface area contributed by atoms with Crippen molar-refractivity contribution in [2.24, 2.45) is 4.99 Å². The van der Waals surface area contributed by atoms with E-state index in [9.17, 15) is 4.79 Å². The van der Waals surface area contributed by atoms with Crippen molar-refractivity contribution < 1.29 is 9.32 Å². The van der Waals surface area contributed by atoms with E-state index < -0.39 is 0 Å². The average molecular weight is 446 g/mol. The van der Waals surface area contributed by atoms with Crippen molar-refractivity contribution in [2.45, 2.75) is 45.9 Å². The fourth-order valence-electron chi connectivity index (χ4n) is 3.75. The molecule has 0 bridgehead atoms. The van der Waals surface area contributed by atoms with Crippen molar-refractivity contribution in [3.05, 3.63) is 65.7 Å². The predicted octanol–water partition coefficient (Wildman–Crippen LogP) is 4.02. The number of benzene rings is 2. The van der Waals surface area contributed by atoms with Crippen LogP contribution in [0.1, 0.15) is 43.1 Å². The summed E-state index contributed by atoms with van der Waals surface area (Å²) in [5.41, 5.74) is 5.56. The van der Waals surface area contributed by atoms with Crippen LogP contribution in [0.25, 0.3) is 22.6 Å². The molecule has 1 aliphatic rings. The number of carbonyl (C=O) groups excluding carboxylic acids is 1. The van der Waals surface area contributed by atoms with E-state index in [0.29, 0.717) is 17.0 Å². The third-order valence-corrected chi connectivity index (χ3v) is 5.49. The summed E-state index contributed by atoms with van der Waals surface area (Å²) in [6.07, 6.45) is 1.22. The van der Waals surface area contributed by atoms with Crippen LogP contribution in [0.2, 0.25) is 0 Å². The van der Waals surface area contributed by atoms with Crippen LogP contribution in [0.15, 0.2) is 64.1 Å². The van der Waals surface area contributed by atoms with Gasteiger partial charge in [0.05, 0.1) is 6.17 Å². The standard InChI is InChI=1S/C26H31N5O2/c1-17(2)29-26(32)22-6-4-5-21(13-22)24-14-25(33-31-24)20-9-7-19(8-10-20)15-27-12-11-23-16-28-18(3)30-23/h4-10,13-14,17-18,27-28H,11-12,15-16H2,1-3H3,(H,29,32). The highest BCUT2D eigenvalue weighted by molar-refractivity contribution is 5.95. The molecule has 1 unspecified atom stereocenters. The molecule has 0 aliphatic carbocycles. The van der Waals surface area contributed by atoms with Crippen LogP contribution in [-0.4, -0.2) is 42.1 Å². The Balaban J connectivity index is 1.35. The summed E-state index contributed by atoms with van der Waals surface area (Å²) in [6, 6.07) is 17.7. The fourth-order valence-corrected chi connectivity index (χ4v) is 3.75. The molecule has 1 aromatic heterocycles. The zero-order valence-corrected chi connectivity index (χ0v) is 19.4. The molecule has 172 valence electrons. The van der Waals surface area contributed by atoms with E-state index in [1.807, 2.05) is 50.2 Å². The Labute approximate surface area is 194 Å². The summed E-state index contributed by atoms with van der Waals surface area (Å²) >= 11 is 0. The molecule has 0 radical (unpaired) electrons. The lowest BCUT2D eigenvalue weighted by molar-refractivity contribution is 0.0943. The Morgan fingerprint density at radius 2 is 1.97 bits per heavy atom. The third kappa shape index (κ3) is 6.15. The van der Waals surface area contributed by atoms with Crippen LogP contribution in [0, 0.1) is 0 Å². The van der Waals surface area contributed by atoms with Crippen molar-refractivity contribution in [3.63, 3.8) is 0 Å². The summed E-state index contributed by atoms with van der Waals surface area (Å²) < 4.78 is 5.59. The lowest BCUT2D eigenvalue weighted by Crippen LogP contribution is -2.30. The molecule has 1 atom stereocenters. The number of hydrogen-bond donors (Lipinski definition) is 3. The monoisotopic (exact) mass is 445 g/mol. The van der Waals surface area contributed by atoms with Gasteiger partial charge in [-0.2, -0.15) is 0 Å². The summed E-state index contributed by atoms with van der Waals surface area (Å²) in [6.45, 7) is 8.57. The van der Waals surface area contributed by atoms with Crippen molar-refractivity contribution in [1.82, 2.24) is 21.1 Å². The summed E-state index contributed by atoms with van der Waals surface area (Å²) in [4.78, 5) is 16.9. The number of carbonyl (C=O) groups is 1. The molecule has 3 N–H and O–H groups in total. The fraction of sp³-hybridized carbons (Fsp3) is 0.346. The van der Waals surface area contributed by atoms with Gasteiger partial charge in [-0.15, -0.1) is 0 Å². The summed E-state index contributed by atoms with van der Waals surface area (Å²) in [5.74, 6) is 0.602.